The molecule has 1 amide bonds. The molecule has 3 N–H and O–H groups in total. The molecule has 0 fully saturated rings. The number of aryl methyl sites for hydroxylation is 1. The van der Waals surface area contributed by atoms with Crippen LogP contribution in [0.3, 0.4) is 0 Å². The van der Waals surface area contributed by atoms with Gasteiger partial charge in [0.15, 0.2) is 0 Å². The predicted octanol–water partition coefficient (Wildman–Crippen LogP) is 0.469. The summed E-state index contributed by atoms with van der Waals surface area (Å²) in [5.74, 6) is -0.137. The smallest absolute Gasteiger partial charge is 0.269 e. The lowest BCUT2D eigenvalue weighted by Gasteiger charge is -2.03. The summed E-state index contributed by atoms with van der Waals surface area (Å²) in [5.41, 5.74) is 6.80. The normalized spacial score (nSPS) is 9.86. The summed E-state index contributed by atoms with van der Waals surface area (Å²) in [6.07, 6.45) is 2.42. The highest BCUT2D eigenvalue weighted by Gasteiger charge is 2.05. The van der Waals surface area contributed by atoms with Crippen LogP contribution in [-0.2, 0) is 0 Å². The molecular weight excluding hydrogens is 178 g/mol. The molecule has 1 heterocycles. The summed E-state index contributed by atoms with van der Waals surface area (Å²) in [6.45, 7) is 3.12. The molecule has 0 radical (unpaired) electrons. The Hall–Kier alpha value is -1.42. The summed E-state index contributed by atoms with van der Waals surface area (Å²) in [7, 11) is 0. The highest BCUT2D eigenvalue weighted by atomic mass is 16.1. The maximum absolute atomic E-state index is 11.5. The van der Waals surface area contributed by atoms with E-state index in [1.807, 2.05) is 13.0 Å². The lowest BCUT2D eigenvalue weighted by Crippen LogP contribution is -2.26. The molecule has 1 aromatic rings. The van der Waals surface area contributed by atoms with Crippen LogP contribution in [0, 0.1) is 6.92 Å². The highest BCUT2D eigenvalue weighted by Crippen LogP contribution is 1.99. The minimum absolute atomic E-state index is 0.137. The lowest BCUT2D eigenvalue weighted by atomic mass is 10.2. The fourth-order valence-corrected chi connectivity index (χ4v) is 1.05. The first-order valence-corrected chi connectivity index (χ1v) is 4.65. The Morgan fingerprint density at radius 3 is 3.07 bits per heavy atom. The number of carbonyl (C=O) groups is 1. The molecule has 0 bridgehead atoms. The van der Waals surface area contributed by atoms with Gasteiger partial charge in [-0.15, -0.1) is 0 Å². The molecule has 0 saturated carbocycles. The number of nitrogens with one attached hydrogen (secondary N) is 1. The van der Waals surface area contributed by atoms with Crippen LogP contribution in [0.25, 0.3) is 0 Å². The first-order valence-electron chi connectivity index (χ1n) is 4.65. The van der Waals surface area contributed by atoms with Crippen molar-refractivity contribution in [3.63, 3.8) is 0 Å². The van der Waals surface area contributed by atoms with E-state index in [2.05, 4.69) is 10.3 Å². The molecule has 4 nitrogen and oxygen atoms in total. The summed E-state index contributed by atoms with van der Waals surface area (Å²) in [5, 5.41) is 2.75. The average molecular weight is 193 g/mol. The van der Waals surface area contributed by atoms with Crippen molar-refractivity contribution < 1.29 is 4.79 Å². The van der Waals surface area contributed by atoms with Crippen molar-refractivity contribution in [3.8, 4) is 0 Å². The number of rotatable bonds is 4. The maximum atomic E-state index is 11.5. The number of carbonyl (C=O) groups excluding carboxylic acids is 1. The number of pyridine rings is 1. The first kappa shape index (κ1) is 10.7. The van der Waals surface area contributed by atoms with Crippen molar-refractivity contribution in [1.29, 1.82) is 0 Å². The monoisotopic (exact) mass is 193 g/mol. The van der Waals surface area contributed by atoms with Crippen molar-refractivity contribution in [2.45, 2.75) is 13.3 Å². The zero-order chi connectivity index (χ0) is 10.4. The Labute approximate surface area is 83.5 Å². The Morgan fingerprint density at radius 1 is 1.64 bits per heavy atom. The van der Waals surface area contributed by atoms with Crippen molar-refractivity contribution >= 4 is 5.91 Å². The third-order valence-electron chi connectivity index (χ3n) is 1.81. The quantitative estimate of drug-likeness (QED) is 0.683. The topological polar surface area (TPSA) is 68.0 Å². The van der Waals surface area contributed by atoms with Gasteiger partial charge in [-0.2, -0.15) is 0 Å². The molecule has 1 aromatic heterocycles. The van der Waals surface area contributed by atoms with Gasteiger partial charge >= 0.3 is 0 Å². The number of nitrogens with two attached hydrogens (primary N) is 1. The number of amides is 1. The van der Waals surface area contributed by atoms with Crippen LogP contribution in [0.4, 0.5) is 0 Å². The van der Waals surface area contributed by atoms with E-state index in [4.69, 9.17) is 5.73 Å². The summed E-state index contributed by atoms with van der Waals surface area (Å²) in [6, 6.07) is 3.62. The maximum Gasteiger partial charge on any atom is 0.269 e. The zero-order valence-corrected chi connectivity index (χ0v) is 8.29. The molecule has 14 heavy (non-hydrogen) atoms. The molecule has 76 valence electrons. The van der Waals surface area contributed by atoms with Crippen LogP contribution in [0.5, 0.6) is 0 Å². The Kier molecular flexibility index (Phi) is 4.07. The van der Waals surface area contributed by atoms with Gasteiger partial charge in [0.25, 0.3) is 5.91 Å². The fourth-order valence-electron chi connectivity index (χ4n) is 1.05. The molecule has 0 atom stereocenters. The van der Waals surface area contributed by atoms with Gasteiger partial charge in [-0.05, 0) is 37.6 Å². The molecule has 0 saturated heterocycles. The van der Waals surface area contributed by atoms with E-state index >= 15 is 0 Å². The second kappa shape index (κ2) is 5.34. The number of hydrogen-bond acceptors (Lipinski definition) is 3. The highest BCUT2D eigenvalue weighted by molar-refractivity contribution is 5.92. The minimum Gasteiger partial charge on any atom is -0.351 e. The summed E-state index contributed by atoms with van der Waals surface area (Å²) < 4.78 is 0. The van der Waals surface area contributed by atoms with Gasteiger partial charge in [-0.25, -0.2) is 0 Å². The lowest BCUT2D eigenvalue weighted by molar-refractivity contribution is 0.0948. The molecule has 0 aromatic carbocycles. The van der Waals surface area contributed by atoms with Crippen LogP contribution in [-0.4, -0.2) is 24.0 Å². The summed E-state index contributed by atoms with van der Waals surface area (Å²) in [4.78, 5) is 15.4. The predicted molar refractivity (Wildman–Crippen MR) is 55.0 cm³/mol. The van der Waals surface area contributed by atoms with Crippen LogP contribution in [0.15, 0.2) is 18.3 Å². The zero-order valence-electron chi connectivity index (χ0n) is 8.29. The molecule has 0 aliphatic carbocycles. The number of hydrogen-bond donors (Lipinski definition) is 2. The van der Waals surface area contributed by atoms with E-state index < -0.39 is 0 Å². The Balaban J connectivity index is 2.52. The van der Waals surface area contributed by atoms with Gasteiger partial charge in [-0.1, -0.05) is 0 Å². The second-order valence-corrected chi connectivity index (χ2v) is 3.12. The standard InChI is InChI=1S/C10H15N3O/c1-8-3-6-12-9(7-8)10(14)13-5-2-4-11/h3,6-7H,2,4-5,11H2,1H3,(H,13,14). The third-order valence-corrected chi connectivity index (χ3v) is 1.81. The van der Waals surface area contributed by atoms with Gasteiger partial charge in [0.05, 0.1) is 0 Å². The van der Waals surface area contributed by atoms with E-state index in [9.17, 15) is 4.79 Å². The molecule has 0 aliphatic rings. The van der Waals surface area contributed by atoms with Gasteiger partial charge in [-0.3, -0.25) is 9.78 Å². The third kappa shape index (κ3) is 3.14. The van der Waals surface area contributed by atoms with Crippen molar-refractivity contribution in [3.05, 3.63) is 29.6 Å². The molecule has 0 unspecified atom stereocenters. The largest absolute Gasteiger partial charge is 0.351 e. The summed E-state index contributed by atoms with van der Waals surface area (Å²) >= 11 is 0. The molecular formula is C10H15N3O. The van der Waals surface area contributed by atoms with E-state index in [1.54, 1.807) is 12.3 Å². The molecule has 1 rings (SSSR count). The van der Waals surface area contributed by atoms with Crippen LogP contribution in [0.1, 0.15) is 22.5 Å². The number of aromatic nitrogens is 1. The minimum atomic E-state index is -0.137. The van der Waals surface area contributed by atoms with Crippen molar-refractivity contribution in [2.75, 3.05) is 13.1 Å². The first-order chi connectivity index (χ1) is 6.74. The molecule has 0 spiro atoms. The Morgan fingerprint density at radius 2 is 2.43 bits per heavy atom. The van der Waals surface area contributed by atoms with Gasteiger partial charge in [0.1, 0.15) is 5.69 Å². The van der Waals surface area contributed by atoms with E-state index in [0.29, 0.717) is 18.8 Å². The number of nitrogens with zero attached hydrogens (tertiary/aromatic N) is 1. The molecule has 4 heteroatoms. The van der Waals surface area contributed by atoms with Crippen LogP contribution >= 0.6 is 0 Å². The van der Waals surface area contributed by atoms with Gasteiger partial charge in [0.2, 0.25) is 0 Å². The van der Waals surface area contributed by atoms with Gasteiger partial charge < -0.3 is 11.1 Å². The second-order valence-electron chi connectivity index (χ2n) is 3.12. The van der Waals surface area contributed by atoms with Gasteiger partial charge in [0, 0.05) is 12.7 Å². The Bertz CT molecular complexity index is 312. The van der Waals surface area contributed by atoms with E-state index in [1.165, 1.54) is 0 Å². The van der Waals surface area contributed by atoms with Crippen molar-refractivity contribution in [1.82, 2.24) is 10.3 Å². The molecule has 0 aliphatic heterocycles. The average Bonchev–Trinajstić information content (AvgIpc) is 2.18. The SMILES string of the molecule is Cc1ccnc(C(=O)NCCCN)c1. The van der Waals surface area contributed by atoms with Crippen LogP contribution < -0.4 is 11.1 Å². The van der Waals surface area contributed by atoms with Crippen molar-refractivity contribution in [2.24, 2.45) is 5.73 Å². The fraction of sp³-hybridized carbons (Fsp3) is 0.400. The van der Waals surface area contributed by atoms with E-state index in [0.717, 1.165) is 12.0 Å². The van der Waals surface area contributed by atoms with E-state index in [-0.39, 0.29) is 5.91 Å². The van der Waals surface area contributed by atoms with Crippen LogP contribution in [0.2, 0.25) is 0 Å².